The Morgan fingerprint density at radius 3 is 2.36 bits per heavy atom. The Kier molecular flexibility index (Phi) is 3.59. The van der Waals surface area contributed by atoms with Crippen LogP contribution >= 0.6 is 12.2 Å². The lowest BCUT2D eigenvalue weighted by atomic mass is 9.98. The highest BCUT2D eigenvalue weighted by molar-refractivity contribution is 7.80. The van der Waals surface area contributed by atoms with E-state index in [1.165, 1.54) is 29.5 Å². The minimum atomic E-state index is 0.255. The van der Waals surface area contributed by atoms with Crippen molar-refractivity contribution in [3.8, 4) is 0 Å². The molecule has 1 atom stereocenters. The van der Waals surface area contributed by atoms with E-state index in [-0.39, 0.29) is 6.04 Å². The van der Waals surface area contributed by atoms with Crippen LogP contribution < -0.4 is 0 Å². The molecule has 22 heavy (non-hydrogen) atoms. The van der Waals surface area contributed by atoms with Gasteiger partial charge >= 0.3 is 0 Å². The molecule has 2 nitrogen and oxygen atoms in total. The van der Waals surface area contributed by atoms with Gasteiger partial charge in [0.25, 0.3) is 0 Å². The van der Waals surface area contributed by atoms with Crippen LogP contribution in [0.1, 0.15) is 35.6 Å². The molecule has 0 amide bonds. The number of rotatable bonds is 1. The summed E-state index contributed by atoms with van der Waals surface area (Å²) in [7, 11) is 0. The molecule has 1 saturated heterocycles. The number of likely N-dealkylation sites (tertiary alicyclic amines) is 1. The number of fused-ring (bicyclic) bond motifs is 1. The molecule has 0 N–H and O–H groups in total. The third-order valence-corrected chi connectivity index (χ3v) is 5.23. The summed E-state index contributed by atoms with van der Waals surface area (Å²) in [5.41, 5.74) is 4.13. The molecule has 0 radical (unpaired) electrons. The summed E-state index contributed by atoms with van der Waals surface area (Å²) in [6.45, 7) is 3.13. The predicted molar refractivity (Wildman–Crippen MR) is 93.7 cm³/mol. The van der Waals surface area contributed by atoms with Gasteiger partial charge in [0, 0.05) is 19.6 Å². The molecular formula is C19H20N2S. The van der Waals surface area contributed by atoms with Crippen LogP contribution in [0.3, 0.4) is 0 Å². The highest BCUT2D eigenvalue weighted by Crippen LogP contribution is 2.39. The van der Waals surface area contributed by atoms with Crippen molar-refractivity contribution >= 4 is 17.3 Å². The van der Waals surface area contributed by atoms with Crippen molar-refractivity contribution in [1.29, 1.82) is 0 Å². The highest BCUT2D eigenvalue weighted by atomic mass is 32.1. The van der Waals surface area contributed by atoms with Gasteiger partial charge in [-0.2, -0.15) is 0 Å². The molecule has 112 valence electrons. The Morgan fingerprint density at radius 1 is 0.909 bits per heavy atom. The number of hydrogen-bond donors (Lipinski definition) is 0. The van der Waals surface area contributed by atoms with Gasteiger partial charge < -0.3 is 9.80 Å². The summed E-state index contributed by atoms with van der Waals surface area (Å²) in [4.78, 5) is 4.78. The smallest absolute Gasteiger partial charge is 0.172 e. The Hall–Kier alpha value is -1.87. The van der Waals surface area contributed by atoms with Gasteiger partial charge in [-0.1, -0.05) is 54.6 Å². The molecule has 3 heteroatoms. The molecule has 1 unspecified atom stereocenters. The number of nitrogens with zero attached hydrogens (tertiary/aromatic N) is 2. The van der Waals surface area contributed by atoms with Crippen LogP contribution in [-0.4, -0.2) is 28.0 Å². The first kappa shape index (κ1) is 13.8. The monoisotopic (exact) mass is 308 g/mol. The molecule has 2 heterocycles. The maximum absolute atomic E-state index is 5.85. The van der Waals surface area contributed by atoms with E-state index < -0.39 is 0 Å². The second-order valence-electron chi connectivity index (χ2n) is 6.12. The third kappa shape index (κ3) is 2.30. The first-order valence-corrected chi connectivity index (χ1v) is 8.44. The fourth-order valence-electron chi connectivity index (χ4n) is 3.65. The molecule has 1 fully saturated rings. The highest BCUT2D eigenvalue weighted by Gasteiger charge is 2.34. The average Bonchev–Trinajstić information content (AvgIpc) is 3.22. The summed E-state index contributed by atoms with van der Waals surface area (Å²) < 4.78 is 0. The quantitative estimate of drug-likeness (QED) is 0.736. The van der Waals surface area contributed by atoms with Crippen molar-refractivity contribution in [1.82, 2.24) is 9.80 Å². The predicted octanol–water partition coefficient (Wildman–Crippen LogP) is 3.97. The standard InChI is InChI=1S/C19H20N2S/c22-19(20-12-6-7-13-20)21-14-16-10-4-5-11-17(16)18(21)15-8-2-1-3-9-15/h1-5,8-11,18H,6-7,12-14H2. The molecule has 0 aromatic heterocycles. The van der Waals surface area contributed by atoms with E-state index in [4.69, 9.17) is 12.2 Å². The molecule has 2 aliphatic heterocycles. The fourth-order valence-corrected chi connectivity index (χ4v) is 4.00. The Balaban J connectivity index is 1.73. The lowest BCUT2D eigenvalue weighted by molar-refractivity contribution is 0.333. The van der Waals surface area contributed by atoms with E-state index in [9.17, 15) is 0 Å². The molecule has 2 aliphatic rings. The van der Waals surface area contributed by atoms with Gasteiger partial charge in [0.05, 0.1) is 6.04 Å². The topological polar surface area (TPSA) is 6.48 Å². The van der Waals surface area contributed by atoms with Crippen LogP contribution in [0.25, 0.3) is 0 Å². The average molecular weight is 308 g/mol. The van der Waals surface area contributed by atoms with Gasteiger partial charge in [-0.3, -0.25) is 0 Å². The van der Waals surface area contributed by atoms with E-state index in [0.29, 0.717) is 0 Å². The van der Waals surface area contributed by atoms with Crippen LogP contribution in [0.4, 0.5) is 0 Å². The van der Waals surface area contributed by atoms with Crippen LogP contribution in [0.5, 0.6) is 0 Å². The first-order valence-electron chi connectivity index (χ1n) is 8.03. The van der Waals surface area contributed by atoms with E-state index in [1.54, 1.807) is 0 Å². The maximum Gasteiger partial charge on any atom is 0.172 e. The Morgan fingerprint density at radius 2 is 1.59 bits per heavy atom. The molecule has 0 spiro atoms. The summed E-state index contributed by atoms with van der Waals surface area (Å²) in [6.07, 6.45) is 2.52. The van der Waals surface area contributed by atoms with Gasteiger partial charge in [0.1, 0.15) is 0 Å². The van der Waals surface area contributed by atoms with E-state index in [1.807, 2.05) is 0 Å². The second kappa shape index (κ2) is 5.73. The number of benzene rings is 2. The Labute approximate surface area is 137 Å². The minimum absolute atomic E-state index is 0.255. The zero-order valence-electron chi connectivity index (χ0n) is 12.6. The van der Waals surface area contributed by atoms with Gasteiger partial charge in [-0.15, -0.1) is 0 Å². The zero-order valence-corrected chi connectivity index (χ0v) is 13.4. The van der Waals surface area contributed by atoms with Gasteiger partial charge in [0.15, 0.2) is 5.11 Å². The maximum atomic E-state index is 5.85. The molecule has 0 saturated carbocycles. The molecular weight excluding hydrogens is 288 g/mol. The molecule has 0 bridgehead atoms. The minimum Gasteiger partial charge on any atom is -0.349 e. The largest absolute Gasteiger partial charge is 0.349 e. The van der Waals surface area contributed by atoms with Gasteiger partial charge in [-0.05, 0) is 41.7 Å². The van der Waals surface area contributed by atoms with E-state index in [2.05, 4.69) is 64.4 Å². The van der Waals surface area contributed by atoms with Crippen LogP contribution in [0.2, 0.25) is 0 Å². The van der Waals surface area contributed by atoms with Crippen molar-refractivity contribution in [2.45, 2.75) is 25.4 Å². The third-order valence-electron chi connectivity index (χ3n) is 4.74. The Bertz CT molecular complexity index is 677. The van der Waals surface area contributed by atoms with Gasteiger partial charge in [-0.25, -0.2) is 0 Å². The molecule has 4 rings (SSSR count). The summed E-state index contributed by atoms with van der Waals surface area (Å²) in [5, 5.41) is 1.02. The van der Waals surface area contributed by atoms with Crippen LogP contribution in [0.15, 0.2) is 54.6 Å². The number of hydrogen-bond acceptors (Lipinski definition) is 1. The lowest BCUT2D eigenvalue weighted by Crippen LogP contribution is -2.40. The summed E-state index contributed by atoms with van der Waals surface area (Å²) in [5.74, 6) is 0. The van der Waals surface area contributed by atoms with Crippen molar-refractivity contribution in [3.05, 3.63) is 71.3 Å². The molecule has 2 aromatic carbocycles. The van der Waals surface area contributed by atoms with Gasteiger partial charge in [0.2, 0.25) is 0 Å². The SMILES string of the molecule is S=C(N1CCCC1)N1Cc2ccccc2C1c1ccccc1. The molecule has 2 aromatic rings. The first-order chi connectivity index (χ1) is 10.8. The summed E-state index contributed by atoms with van der Waals surface area (Å²) >= 11 is 5.85. The fraction of sp³-hybridized carbons (Fsp3) is 0.316. The van der Waals surface area contributed by atoms with Crippen LogP contribution in [-0.2, 0) is 6.54 Å². The van der Waals surface area contributed by atoms with E-state index in [0.717, 1.165) is 24.7 Å². The second-order valence-corrected chi connectivity index (χ2v) is 6.48. The zero-order chi connectivity index (χ0) is 14.9. The van der Waals surface area contributed by atoms with E-state index >= 15 is 0 Å². The van der Waals surface area contributed by atoms with Crippen molar-refractivity contribution < 1.29 is 0 Å². The van der Waals surface area contributed by atoms with Crippen molar-refractivity contribution in [2.75, 3.05) is 13.1 Å². The van der Waals surface area contributed by atoms with Crippen molar-refractivity contribution in [2.24, 2.45) is 0 Å². The molecule has 0 aliphatic carbocycles. The van der Waals surface area contributed by atoms with Crippen molar-refractivity contribution in [3.63, 3.8) is 0 Å². The summed E-state index contributed by atoms with van der Waals surface area (Å²) in [6, 6.07) is 19.7. The lowest BCUT2D eigenvalue weighted by Gasteiger charge is -2.33. The van der Waals surface area contributed by atoms with Crippen LogP contribution in [0, 0.1) is 0 Å². The number of thiocarbonyl (C=S) groups is 1. The normalized spacial score (nSPS) is 20.3.